The summed E-state index contributed by atoms with van der Waals surface area (Å²) in [5.74, 6) is -0.966. The number of aromatic nitrogens is 4. The molecule has 0 aliphatic rings. The quantitative estimate of drug-likeness (QED) is 0.109. The molecule has 1 unspecified atom stereocenters. The second-order valence-corrected chi connectivity index (χ2v) is 11.5. The predicted molar refractivity (Wildman–Crippen MR) is 167 cm³/mol. The molecule has 0 radical (unpaired) electrons. The van der Waals surface area contributed by atoms with Gasteiger partial charge >= 0.3 is 11.9 Å². The van der Waals surface area contributed by atoms with Gasteiger partial charge < -0.3 is 25.7 Å². The van der Waals surface area contributed by atoms with Gasteiger partial charge in [-0.1, -0.05) is 104 Å². The van der Waals surface area contributed by atoms with Crippen molar-refractivity contribution in [3.63, 3.8) is 0 Å². The van der Waals surface area contributed by atoms with Crippen LogP contribution in [0.4, 0.5) is 5.95 Å². The SMILES string of the molecule is CCCCCCCCCCCCCCCC(=O)OCC(COC(=O)[C@@H](N)[C@@H](C)CC)OCn1cnc2c(=O)[nH]c(N)nc21. The van der Waals surface area contributed by atoms with Gasteiger partial charge in [-0.25, -0.2) is 4.98 Å². The molecule has 12 heteroatoms. The molecule has 244 valence electrons. The molecule has 2 rings (SSSR count). The molecule has 0 saturated heterocycles. The van der Waals surface area contributed by atoms with E-state index in [1.807, 2.05) is 13.8 Å². The van der Waals surface area contributed by atoms with Crippen LogP contribution in [0.1, 0.15) is 117 Å². The molecule has 0 spiro atoms. The van der Waals surface area contributed by atoms with Gasteiger partial charge in [0, 0.05) is 6.42 Å². The van der Waals surface area contributed by atoms with Crippen molar-refractivity contribution in [3.8, 4) is 0 Å². The number of carbonyl (C=O) groups is 2. The van der Waals surface area contributed by atoms with E-state index in [0.29, 0.717) is 6.42 Å². The minimum atomic E-state index is -0.764. The molecule has 0 saturated carbocycles. The molecule has 2 aromatic heterocycles. The fourth-order valence-corrected chi connectivity index (χ4v) is 4.70. The van der Waals surface area contributed by atoms with E-state index in [1.54, 1.807) is 0 Å². The molecule has 0 aromatic carbocycles. The highest BCUT2D eigenvalue weighted by molar-refractivity contribution is 5.75. The van der Waals surface area contributed by atoms with Crippen LogP contribution in [-0.4, -0.2) is 56.8 Å². The Morgan fingerprint density at radius 3 is 2.12 bits per heavy atom. The van der Waals surface area contributed by atoms with E-state index < -0.39 is 23.7 Å². The fraction of sp³-hybridized carbons (Fsp3) is 0.774. The summed E-state index contributed by atoms with van der Waals surface area (Å²) < 4.78 is 18.3. The summed E-state index contributed by atoms with van der Waals surface area (Å²) >= 11 is 0. The van der Waals surface area contributed by atoms with Gasteiger partial charge in [0.15, 0.2) is 11.2 Å². The first kappa shape index (κ1) is 36.2. The number of fused-ring (bicyclic) bond motifs is 1. The minimum absolute atomic E-state index is 0.0445. The molecule has 43 heavy (non-hydrogen) atoms. The van der Waals surface area contributed by atoms with Gasteiger partial charge in [0.05, 0.1) is 6.33 Å². The van der Waals surface area contributed by atoms with Crippen LogP contribution in [0.5, 0.6) is 0 Å². The first-order chi connectivity index (χ1) is 20.8. The molecule has 0 aliphatic heterocycles. The van der Waals surface area contributed by atoms with E-state index in [0.717, 1.165) is 25.7 Å². The molecule has 2 heterocycles. The van der Waals surface area contributed by atoms with Crippen molar-refractivity contribution in [2.75, 3.05) is 18.9 Å². The standard InChI is InChI=1S/C31H54N6O6/c1-4-6-7-8-9-10-11-12-13-14-15-16-17-18-25(38)41-19-24(20-42-30(40)26(32)23(3)5-2)43-22-37-21-34-27-28(37)35-31(33)36-29(27)39/h21,23-24,26H,4-20,22,32H2,1-3H3,(H3,33,35,36,39)/t23-,24?,26-/m0/s1. The minimum Gasteiger partial charge on any atom is -0.463 e. The van der Waals surface area contributed by atoms with Crippen LogP contribution >= 0.6 is 0 Å². The third-order valence-electron chi connectivity index (χ3n) is 7.80. The Labute approximate surface area is 255 Å². The van der Waals surface area contributed by atoms with Crippen molar-refractivity contribution in [1.29, 1.82) is 0 Å². The van der Waals surface area contributed by atoms with Crippen LogP contribution < -0.4 is 17.0 Å². The number of nitrogens with zero attached hydrogens (tertiary/aromatic N) is 3. The second kappa shape index (κ2) is 20.8. The molecule has 0 amide bonds. The van der Waals surface area contributed by atoms with Crippen LogP contribution in [0.15, 0.2) is 11.1 Å². The molecular weight excluding hydrogens is 552 g/mol. The van der Waals surface area contributed by atoms with Crippen LogP contribution in [0.2, 0.25) is 0 Å². The van der Waals surface area contributed by atoms with Crippen LogP contribution in [-0.2, 0) is 30.5 Å². The molecule has 0 bridgehead atoms. The number of unbranched alkanes of at least 4 members (excludes halogenated alkanes) is 12. The molecule has 12 nitrogen and oxygen atoms in total. The summed E-state index contributed by atoms with van der Waals surface area (Å²) in [5.41, 5.74) is 11.6. The molecule has 0 fully saturated rings. The number of hydrogen-bond acceptors (Lipinski definition) is 10. The Hall–Kier alpha value is -2.99. The van der Waals surface area contributed by atoms with Crippen molar-refractivity contribution in [1.82, 2.24) is 19.5 Å². The van der Waals surface area contributed by atoms with Crippen molar-refractivity contribution in [2.24, 2.45) is 11.7 Å². The van der Waals surface area contributed by atoms with E-state index in [4.69, 9.17) is 25.7 Å². The summed E-state index contributed by atoms with van der Waals surface area (Å²) in [7, 11) is 0. The highest BCUT2D eigenvalue weighted by atomic mass is 16.6. The Morgan fingerprint density at radius 1 is 0.930 bits per heavy atom. The van der Waals surface area contributed by atoms with Crippen molar-refractivity contribution in [2.45, 2.75) is 136 Å². The van der Waals surface area contributed by atoms with E-state index in [-0.39, 0.29) is 48.9 Å². The number of ether oxygens (including phenoxy) is 3. The maximum absolute atomic E-state index is 12.4. The third kappa shape index (κ3) is 13.9. The van der Waals surface area contributed by atoms with Gasteiger partial charge in [0.25, 0.3) is 5.56 Å². The van der Waals surface area contributed by atoms with E-state index >= 15 is 0 Å². The predicted octanol–water partition coefficient (Wildman–Crippen LogP) is 4.99. The topological polar surface area (TPSA) is 177 Å². The number of H-pyrrole nitrogens is 1. The Morgan fingerprint density at radius 2 is 1.51 bits per heavy atom. The second-order valence-electron chi connectivity index (χ2n) is 11.5. The average molecular weight is 607 g/mol. The number of nitrogens with two attached hydrogens (primary N) is 2. The molecule has 3 atom stereocenters. The first-order valence-corrected chi connectivity index (χ1v) is 16.2. The van der Waals surface area contributed by atoms with Gasteiger partial charge in [-0.3, -0.25) is 23.9 Å². The number of carbonyl (C=O) groups excluding carboxylic acids is 2. The lowest BCUT2D eigenvalue weighted by molar-refractivity contribution is -0.159. The number of hydrogen-bond donors (Lipinski definition) is 3. The molecule has 2 aromatic rings. The Kier molecular flexibility index (Phi) is 17.5. The lowest BCUT2D eigenvalue weighted by Gasteiger charge is -2.21. The zero-order valence-corrected chi connectivity index (χ0v) is 26.5. The summed E-state index contributed by atoms with van der Waals surface area (Å²) in [6.45, 7) is 5.73. The highest BCUT2D eigenvalue weighted by Crippen LogP contribution is 2.14. The molecule has 5 N–H and O–H groups in total. The van der Waals surface area contributed by atoms with Crippen molar-refractivity contribution in [3.05, 3.63) is 16.7 Å². The summed E-state index contributed by atoms with van der Waals surface area (Å²) in [5, 5.41) is 0. The number of nitrogen functional groups attached to an aromatic ring is 1. The summed E-state index contributed by atoms with van der Waals surface area (Å²) in [6, 6.07) is -0.764. The maximum atomic E-state index is 12.4. The number of nitrogens with one attached hydrogen (secondary N) is 1. The number of aromatic amines is 1. The highest BCUT2D eigenvalue weighted by Gasteiger charge is 2.23. The van der Waals surface area contributed by atoms with Gasteiger partial charge in [-0.05, 0) is 12.3 Å². The summed E-state index contributed by atoms with van der Waals surface area (Å²) in [6.07, 6.45) is 17.7. The normalized spacial score (nSPS) is 13.6. The molecule has 0 aliphatic carbocycles. The number of esters is 2. The van der Waals surface area contributed by atoms with Crippen LogP contribution in [0, 0.1) is 5.92 Å². The first-order valence-electron chi connectivity index (χ1n) is 16.2. The number of imidazole rings is 1. The van der Waals surface area contributed by atoms with Crippen molar-refractivity contribution >= 4 is 29.1 Å². The zero-order valence-electron chi connectivity index (χ0n) is 26.5. The lowest BCUT2D eigenvalue weighted by Crippen LogP contribution is -2.40. The van der Waals surface area contributed by atoms with Gasteiger partial charge in [0.2, 0.25) is 5.95 Å². The monoisotopic (exact) mass is 606 g/mol. The zero-order chi connectivity index (χ0) is 31.5. The average Bonchev–Trinajstić information content (AvgIpc) is 3.40. The van der Waals surface area contributed by atoms with Gasteiger partial charge in [-0.15, -0.1) is 0 Å². The van der Waals surface area contributed by atoms with Gasteiger partial charge in [0.1, 0.15) is 32.1 Å². The van der Waals surface area contributed by atoms with E-state index in [1.165, 1.54) is 75.1 Å². The number of anilines is 1. The smallest absolute Gasteiger partial charge is 0.323 e. The Bertz CT molecular complexity index is 1140. The lowest BCUT2D eigenvalue weighted by atomic mass is 10.0. The summed E-state index contributed by atoms with van der Waals surface area (Å²) in [4.78, 5) is 47.5. The fourth-order valence-electron chi connectivity index (χ4n) is 4.70. The third-order valence-corrected chi connectivity index (χ3v) is 7.80. The van der Waals surface area contributed by atoms with Gasteiger partial charge in [-0.2, -0.15) is 4.98 Å². The largest absolute Gasteiger partial charge is 0.463 e. The van der Waals surface area contributed by atoms with E-state index in [2.05, 4.69) is 21.9 Å². The Balaban J connectivity index is 1.74. The molecular formula is C31H54N6O6. The number of rotatable bonds is 24. The van der Waals surface area contributed by atoms with Crippen molar-refractivity contribution < 1.29 is 23.8 Å². The van der Waals surface area contributed by atoms with Crippen LogP contribution in [0.3, 0.4) is 0 Å². The van der Waals surface area contributed by atoms with Crippen LogP contribution in [0.25, 0.3) is 11.2 Å². The van der Waals surface area contributed by atoms with E-state index in [9.17, 15) is 14.4 Å². The maximum Gasteiger partial charge on any atom is 0.323 e.